The van der Waals surface area contributed by atoms with Gasteiger partial charge in [-0.25, -0.2) is 4.79 Å². The lowest BCUT2D eigenvalue weighted by Gasteiger charge is -1.98. The highest BCUT2D eigenvalue weighted by Gasteiger charge is 2.13. The van der Waals surface area contributed by atoms with Crippen LogP contribution in [-0.4, -0.2) is 30.5 Å². The number of methoxy groups -OCH3 is 1. The molecule has 4 nitrogen and oxygen atoms in total. The Morgan fingerprint density at radius 1 is 1.62 bits per heavy atom. The van der Waals surface area contributed by atoms with Crippen molar-refractivity contribution >= 4 is 17.7 Å². The number of hydrogen-bond acceptors (Lipinski definition) is 4. The van der Waals surface area contributed by atoms with Crippen LogP contribution in [0.2, 0.25) is 0 Å². The summed E-state index contributed by atoms with van der Waals surface area (Å²) in [6.07, 6.45) is 0.993. The molecule has 0 aliphatic rings. The molecule has 1 aromatic rings. The zero-order chi connectivity index (χ0) is 12.0. The number of aryl methyl sites for hydroxylation is 1. The fourth-order valence-electron chi connectivity index (χ4n) is 1.31. The van der Waals surface area contributed by atoms with E-state index in [1.807, 2.05) is 0 Å². The van der Waals surface area contributed by atoms with Gasteiger partial charge in [0.15, 0.2) is 0 Å². The van der Waals surface area contributed by atoms with Gasteiger partial charge in [0.05, 0.1) is 5.75 Å². The molecule has 0 aliphatic heterocycles. The molecule has 0 aromatic carbocycles. The third-order valence-electron chi connectivity index (χ3n) is 2.04. The minimum Gasteiger partial charge on any atom is -0.475 e. The molecule has 16 heavy (non-hydrogen) atoms. The second-order valence-electron chi connectivity index (χ2n) is 3.43. The predicted molar refractivity (Wildman–Crippen MR) is 63.1 cm³/mol. The van der Waals surface area contributed by atoms with E-state index in [-0.39, 0.29) is 5.76 Å². The van der Waals surface area contributed by atoms with Crippen molar-refractivity contribution < 1.29 is 19.1 Å². The summed E-state index contributed by atoms with van der Waals surface area (Å²) in [6.45, 7) is 2.50. The molecule has 1 N–H and O–H groups in total. The van der Waals surface area contributed by atoms with E-state index < -0.39 is 5.97 Å². The van der Waals surface area contributed by atoms with Crippen LogP contribution in [0.1, 0.15) is 28.3 Å². The summed E-state index contributed by atoms with van der Waals surface area (Å²) in [5, 5.41) is 8.80. The van der Waals surface area contributed by atoms with Gasteiger partial charge in [-0.05, 0) is 25.2 Å². The van der Waals surface area contributed by atoms with Crippen LogP contribution >= 0.6 is 11.8 Å². The zero-order valence-corrected chi connectivity index (χ0v) is 10.3. The number of thioether (sulfide) groups is 1. The maximum atomic E-state index is 10.7. The van der Waals surface area contributed by atoms with Gasteiger partial charge in [0.2, 0.25) is 5.76 Å². The molecule has 1 heterocycles. The summed E-state index contributed by atoms with van der Waals surface area (Å²) in [4.78, 5) is 10.7. The molecular formula is C11H16O4S. The first-order valence-corrected chi connectivity index (χ1v) is 6.20. The van der Waals surface area contributed by atoms with Crippen molar-refractivity contribution in [1.29, 1.82) is 0 Å². The van der Waals surface area contributed by atoms with E-state index in [1.165, 1.54) is 0 Å². The number of aromatic carboxylic acids is 1. The Kier molecular flexibility index (Phi) is 5.42. The Morgan fingerprint density at radius 2 is 2.38 bits per heavy atom. The highest BCUT2D eigenvalue weighted by Crippen LogP contribution is 2.19. The summed E-state index contributed by atoms with van der Waals surface area (Å²) >= 11 is 1.71. The second-order valence-corrected chi connectivity index (χ2v) is 4.53. The molecule has 90 valence electrons. The van der Waals surface area contributed by atoms with Crippen molar-refractivity contribution in [3.8, 4) is 0 Å². The Morgan fingerprint density at radius 3 is 2.94 bits per heavy atom. The van der Waals surface area contributed by atoms with Gasteiger partial charge in [0.25, 0.3) is 0 Å². The van der Waals surface area contributed by atoms with Crippen molar-refractivity contribution in [2.45, 2.75) is 19.1 Å². The molecule has 1 rings (SSSR count). The van der Waals surface area contributed by atoms with E-state index in [2.05, 4.69) is 0 Å². The predicted octanol–water partition coefficient (Wildman–Crippen LogP) is 2.56. The fraction of sp³-hybridized carbons (Fsp3) is 0.545. The molecule has 0 fully saturated rings. The second kappa shape index (κ2) is 6.60. The fourth-order valence-corrected chi connectivity index (χ4v) is 2.12. The average molecular weight is 244 g/mol. The Bertz CT molecular complexity index is 346. The van der Waals surface area contributed by atoms with Crippen LogP contribution in [-0.2, 0) is 10.5 Å². The van der Waals surface area contributed by atoms with Crippen molar-refractivity contribution in [2.75, 3.05) is 19.5 Å². The van der Waals surface area contributed by atoms with Crippen LogP contribution < -0.4 is 0 Å². The quantitative estimate of drug-likeness (QED) is 0.747. The van der Waals surface area contributed by atoms with E-state index in [0.29, 0.717) is 11.3 Å². The molecule has 0 saturated carbocycles. The maximum Gasteiger partial charge on any atom is 0.372 e. The molecule has 1 aromatic heterocycles. The third-order valence-corrected chi connectivity index (χ3v) is 3.11. The smallest absolute Gasteiger partial charge is 0.372 e. The monoisotopic (exact) mass is 244 g/mol. The average Bonchev–Trinajstić information content (AvgIpc) is 2.59. The summed E-state index contributed by atoms with van der Waals surface area (Å²) in [5.41, 5.74) is 0.681. The van der Waals surface area contributed by atoms with E-state index in [4.69, 9.17) is 14.3 Å². The number of ether oxygens (including phenoxy) is 1. The van der Waals surface area contributed by atoms with Gasteiger partial charge in [-0.2, -0.15) is 11.8 Å². The number of carbonyl (C=O) groups is 1. The Balaban J connectivity index is 2.37. The molecule has 0 aliphatic carbocycles. The van der Waals surface area contributed by atoms with E-state index in [9.17, 15) is 4.79 Å². The Hall–Kier alpha value is -0.940. The normalized spacial score (nSPS) is 10.6. The number of carboxylic acids is 1. The van der Waals surface area contributed by atoms with Crippen LogP contribution in [0.3, 0.4) is 0 Å². The summed E-state index contributed by atoms with van der Waals surface area (Å²) in [7, 11) is 1.68. The summed E-state index contributed by atoms with van der Waals surface area (Å²) < 4.78 is 10.2. The van der Waals surface area contributed by atoms with Gasteiger partial charge >= 0.3 is 5.97 Å². The van der Waals surface area contributed by atoms with Crippen LogP contribution in [0.5, 0.6) is 0 Å². The highest BCUT2D eigenvalue weighted by atomic mass is 32.2. The van der Waals surface area contributed by atoms with Gasteiger partial charge < -0.3 is 14.3 Å². The number of hydrogen-bond donors (Lipinski definition) is 1. The van der Waals surface area contributed by atoms with E-state index in [1.54, 1.807) is 31.9 Å². The van der Waals surface area contributed by atoms with E-state index >= 15 is 0 Å². The van der Waals surface area contributed by atoms with Crippen molar-refractivity contribution in [2.24, 2.45) is 0 Å². The number of furan rings is 1. The number of rotatable bonds is 7. The molecule has 0 saturated heterocycles. The standard InChI is InChI=1S/C11H16O4S/c1-8-6-9(15-10(8)11(12)13)7-16-5-3-4-14-2/h6H,3-5,7H2,1-2H3,(H,12,13). The first kappa shape index (κ1) is 13.1. The van der Waals surface area contributed by atoms with Gasteiger partial charge in [-0.1, -0.05) is 0 Å². The molecule has 0 atom stereocenters. The largest absolute Gasteiger partial charge is 0.475 e. The summed E-state index contributed by atoms with van der Waals surface area (Å²) in [5.74, 6) is 1.45. The highest BCUT2D eigenvalue weighted by molar-refractivity contribution is 7.98. The molecule has 0 spiro atoms. The van der Waals surface area contributed by atoms with Crippen molar-refractivity contribution in [3.05, 3.63) is 23.2 Å². The van der Waals surface area contributed by atoms with Crippen molar-refractivity contribution in [3.63, 3.8) is 0 Å². The van der Waals surface area contributed by atoms with Crippen molar-refractivity contribution in [1.82, 2.24) is 0 Å². The summed E-state index contributed by atoms with van der Waals surface area (Å²) in [6, 6.07) is 1.78. The molecule has 0 amide bonds. The zero-order valence-electron chi connectivity index (χ0n) is 9.49. The number of carboxylic acid groups (broad SMARTS) is 1. The molecule has 5 heteroatoms. The minimum atomic E-state index is -1.01. The van der Waals surface area contributed by atoms with Gasteiger partial charge in [0.1, 0.15) is 5.76 Å². The lowest BCUT2D eigenvalue weighted by atomic mass is 10.3. The molecule has 0 unspecified atom stereocenters. The van der Waals surface area contributed by atoms with E-state index in [0.717, 1.165) is 24.5 Å². The van der Waals surface area contributed by atoms with Crippen LogP contribution in [0, 0.1) is 6.92 Å². The van der Waals surface area contributed by atoms with Crippen LogP contribution in [0.4, 0.5) is 0 Å². The molecule has 0 bridgehead atoms. The maximum absolute atomic E-state index is 10.7. The molecular weight excluding hydrogens is 228 g/mol. The minimum absolute atomic E-state index is 0.0486. The van der Waals surface area contributed by atoms with Crippen LogP contribution in [0.25, 0.3) is 0 Å². The lowest BCUT2D eigenvalue weighted by Crippen LogP contribution is -1.95. The first-order valence-electron chi connectivity index (χ1n) is 5.04. The lowest BCUT2D eigenvalue weighted by molar-refractivity contribution is 0.0659. The van der Waals surface area contributed by atoms with Gasteiger partial charge in [0, 0.05) is 19.3 Å². The topological polar surface area (TPSA) is 59.7 Å². The van der Waals surface area contributed by atoms with Crippen LogP contribution in [0.15, 0.2) is 10.5 Å². The Labute approximate surface area is 99.0 Å². The third kappa shape index (κ3) is 3.90. The van der Waals surface area contributed by atoms with Gasteiger partial charge in [-0.3, -0.25) is 0 Å². The first-order chi connectivity index (χ1) is 7.65. The SMILES string of the molecule is COCCCSCc1cc(C)c(C(=O)O)o1. The molecule has 0 radical (unpaired) electrons. The van der Waals surface area contributed by atoms with Gasteiger partial charge in [-0.15, -0.1) is 0 Å².